The number of hydrogen-bond acceptors (Lipinski definition) is 4. The molecule has 0 aliphatic carbocycles. The zero-order chi connectivity index (χ0) is 17.8. The van der Waals surface area contributed by atoms with Crippen molar-refractivity contribution in [2.45, 2.75) is 32.1 Å². The Labute approximate surface area is 152 Å². The van der Waals surface area contributed by atoms with Gasteiger partial charge >= 0.3 is 6.03 Å². The Balaban J connectivity index is 1.70. The van der Waals surface area contributed by atoms with E-state index in [9.17, 15) is 9.59 Å². The van der Waals surface area contributed by atoms with Gasteiger partial charge in [-0.15, -0.1) is 0 Å². The summed E-state index contributed by atoms with van der Waals surface area (Å²) in [7, 11) is 0. The van der Waals surface area contributed by atoms with Crippen molar-refractivity contribution in [2.24, 2.45) is 5.92 Å². The quantitative estimate of drug-likeness (QED) is 0.841. The molecule has 2 N–H and O–H groups in total. The average molecular weight is 366 g/mol. The normalized spacial score (nSPS) is 19.3. The van der Waals surface area contributed by atoms with Gasteiger partial charge in [0.25, 0.3) is 0 Å². The van der Waals surface area contributed by atoms with Crippen LogP contribution in [0, 0.1) is 5.92 Å². The SMILES string of the molecule is O=C1CCN(c2cc(N3CCC(CCCO)CC3)ccc2Cl)C(=O)N1. The molecule has 3 amide bonds. The molecule has 1 aromatic carbocycles. The highest BCUT2D eigenvalue weighted by Gasteiger charge is 2.27. The van der Waals surface area contributed by atoms with E-state index in [1.54, 1.807) is 0 Å². The number of aliphatic hydroxyl groups is 1. The maximum absolute atomic E-state index is 12.1. The molecular weight excluding hydrogens is 342 g/mol. The lowest BCUT2D eigenvalue weighted by molar-refractivity contribution is -0.120. The van der Waals surface area contributed by atoms with E-state index in [0.717, 1.165) is 44.5 Å². The first-order chi connectivity index (χ1) is 12.1. The fourth-order valence-corrected chi connectivity index (χ4v) is 3.78. The highest BCUT2D eigenvalue weighted by Crippen LogP contribution is 2.33. The molecule has 0 aromatic heterocycles. The predicted molar refractivity (Wildman–Crippen MR) is 98.2 cm³/mol. The number of hydrogen-bond donors (Lipinski definition) is 2. The zero-order valence-electron chi connectivity index (χ0n) is 14.2. The maximum atomic E-state index is 12.1. The van der Waals surface area contributed by atoms with Crippen molar-refractivity contribution in [3.8, 4) is 0 Å². The van der Waals surface area contributed by atoms with Gasteiger partial charge in [-0.05, 0) is 49.8 Å². The number of piperidine rings is 1. The third kappa shape index (κ3) is 4.25. The van der Waals surface area contributed by atoms with Crippen LogP contribution < -0.4 is 15.1 Å². The average Bonchev–Trinajstić information content (AvgIpc) is 2.61. The number of urea groups is 1. The lowest BCUT2D eigenvalue weighted by Gasteiger charge is -2.35. The molecule has 0 unspecified atom stereocenters. The molecule has 25 heavy (non-hydrogen) atoms. The Morgan fingerprint density at radius 1 is 1.20 bits per heavy atom. The molecule has 1 aromatic rings. The van der Waals surface area contributed by atoms with Gasteiger partial charge in [0.2, 0.25) is 5.91 Å². The molecular formula is C18H24ClN3O3. The molecule has 2 aliphatic rings. The van der Waals surface area contributed by atoms with Gasteiger partial charge in [0.15, 0.2) is 0 Å². The van der Waals surface area contributed by atoms with Gasteiger partial charge in [-0.2, -0.15) is 0 Å². The maximum Gasteiger partial charge on any atom is 0.328 e. The van der Waals surface area contributed by atoms with Crippen LogP contribution in [0.25, 0.3) is 0 Å². The minimum Gasteiger partial charge on any atom is -0.396 e. The molecule has 2 saturated heterocycles. The molecule has 2 aliphatic heterocycles. The van der Waals surface area contributed by atoms with Gasteiger partial charge in [-0.3, -0.25) is 15.0 Å². The largest absolute Gasteiger partial charge is 0.396 e. The summed E-state index contributed by atoms with van der Waals surface area (Å²) >= 11 is 6.30. The van der Waals surface area contributed by atoms with E-state index in [2.05, 4.69) is 10.2 Å². The first-order valence-electron chi connectivity index (χ1n) is 8.85. The summed E-state index contributed by atoms with van der Waals surface area (Å²) in [6.07, 6.45) is 4.45. The summed E-state index contributed by atoms with van der Waals surface area (Å²) in [5, 5.41) is 11.8. The van der Waals surface area contributed by atoms with E-state index >= 15 is 0 Å². The minimum atomic E-state index is -0.419. The topological polar surface area (TPSA) is 72.9 Å². The van der Waals surface area contributed by atoms with Gasteiger partial charge in [0.05, 0.1) is 10.7 Å². The van der Waals surface area contributed by atoms with Crippen molar-refractivity contribution in [3.63, 3.8) is 0 Å². The zero-order valence-corrected chi connectivity index (χ0v) is 15.0. The molecule has 6 nitrogen and oxygen atoms in total. The Morgan fingerprint density at radius 2 is 1.96 bits per heavy atom. The molecule has 0 radical (unpaired) electrons. The van der Waals surface area contributed by atoms with Crippen LogP contribution >= 0.6 is 11.6 Å². The van der Waals surface area contributed by atoms with E-state index < -0.39 is 6.03 Å². The lowest BCUT2D eigenvalue weighted by Crippen LogP contribution is -2.49. The molecule has 0 atom stereocenters. The van der Waals surface area contributed by atoms with Gasteiger partial charge in [-0.25, -0.2) is 4.79 Å². The van der Waals surface area contributed by atoms with Crippen LogP contribution in [0.1, 0.15) is 32.1 Å². The van der Waals surface area contributed by atoms with Crippen LogP contribution in [-0.4, -0.2) is 43.3 Å². The van der Waals surface area contributed by atoms with Gasteiger partial charge in [-0.1, -0.05) is 11.6 Å². The van der Waals surface area contributed by atoms with Crippen molar-refractivity contribution >= 4 is 34.9 Å². The van der Waals surface area contributed by atoms with E-state index in [1.807, 2.05) is 18.2 Å². The van der Waals surface area contributed by atoms with Gasteiger partial charge in [0, 0.05) is 38.3 Å². The summed E-state index contributed by atoms with van der Waals surface area (Å²) in [6.45, 7) is 2.53. The lowest BCUT2D eigenvalue weighted by atomic mass is 9.92. The fourth-order valence-electron chi connectivity index (χ4n) is 3.56. The van der Waals surface area contributed by atoms with Crippen molar-refractivity contribution in [1.29, 1.82) is 0 Å². The number of anilines is 2. The Bertz CT molecular complexity index is 644. The van der Waals surface area contributed by atoms with E-state index in [-0.39, 0.29) is 18.9 Å². The molecule has 2 heterocycles. The number of halogens is 1. The first kappa shape index (κ1) is 18.0. The summed E-state index contributed by atoms with van der Waals surface area (Å²) in [5.41, 5.74) is 1.69. The van der Waals surface area contributed by atoms with E-state index in [4.69, 9.17) is 16.7 Å². The number of benzene rings is 1. The highest BCUT2D eigenvalue weighted by molar-refractivity contribution is 6.34. The fraction of sp³-hybridized carbons (Fsp3) is 0.556. The number of carbonyl (C=O) groups is 2. The Hall–Kier alpha value is -1.79. The molecule has 0 bridgehead atoms. The summed E-state index contributed by atoms with van der Waals surface area (Å²) in [4.78, 5) is 27.3. The molecule has 7 heteroatoms. The Kier molecular flexibility index (Phi) is 5.81. The number of carbonyl (C=O) groups excluding carboxylic acids is 2. The first-order valence-corrected chi connectivity index (χ1v) is 9.23. The molecule has 2 fully saturated rings. The number of nitrogens with one attached hydrogen (secondary N) is 1. The van der Waals surface area contributed by atoms with Crippen LogP contribution in [0.15, 0.2) is 18.2 Å². The van der Waals surface area contributed by atoms with Gasteiger partial charge in [0.1, 0.15) is 0 Å². The molecule has 136 valence electrons. The van der Waals surface area contributed by atoms with Crippen molar-refractivity contribution < 1.29 is 14.7 Å². The second kappa shape index (κ2) is 8.06. The molecule has 0 spiro atoms. The van der Waals surface area contributed by atoms with Crippen molar-refractivity contribution in [2.75, 3.05) is 36.0 Å². The summed E-state index contributed by atoms with van der Waals surface area (Å²) in [6, 6.07) is 5.31. The van der Waals surface area contributed by atoms with Gasteiger partial charge < -0.3 is 10.0 Å². The van der Waals surface area contributed by atoms with Crippen LogP contribution in [0.3, 0.4) is 0 Å². The number of amides is 3. The highest BCUT2D eigenvalue weighted by atomic mass is 35.5. The summed E-state index contributed by atoms with van der Waals surface area (Å²) in [5.74, 6) is 0.424. The number of aliphatic hydroxyl groups excluding tert-OH is 1. The molecule has 3 rings (SSSR count). The number of imide groups is 1. The van der Waals surface area contributed by atoms with Crippen LogP contribution in [0.5, 0.6) is 0 Å². The standard InChI is InChI=1S/C18H24ClN3O3/c19-15-4-3-14(21-8-5-13(6-9-21)2-1-11-23)12-16(15)22-10-7-17(24)20-18(22)25/h3-4,12-13,23H,1-2,5-11H2,(H,20,24,25). The van der Waals surface area contributed by atoms with E-state index in [0.29, 0.717) is 23.2 Å². The van der Waals surface area contributed by atoms with Crippen LogP contribution in [0.4, 0.5) is 16.2 Å². The third-order valence-electron chi connectivity index (χ3n) is 5.02. The minimum absolute atomic E-state index is 0.251. The predicted octanol–water partition coefficient (Wildman–Crippen LogP) is 2.78. The third-order valence-corrected chi connectivity index (χ3v) is 5.34. The Morgan fingerprint density at radius 3 is 2.64 bits per heavy atom. The van der Waals surface area contributed by atoms with E-state index in [1.165, 1.54) is 4.90 Å². The van der Waals surface area contributed by atoms with Crippen LogP contribution in [-0.2, 0) is 4.79 Å². The second-order valence-electron chi connectivity index (χ2n) is 6.69. The smallest absolute Gasteiger partial charge is 0.328 e. The van der Waals surface area contributed by atoms with Crippen molar-refractivity contribution in [3.05, 3.63) is 23.2 Å². The van der Waals surface area contributed by atoms with Crippen LogP contribution in [0.2, 0.25) is 5.02 Å². The number of rotatable bonds is 5. The number of nitrogens with zero attached hydrogens (tertiary/aromatic N) is 2. The second-order valence-corrected chi connectivity index (χ2v) is 7.09. The van der Waals surface area contributed by atoms with Crippen molar-refractivity contribution in [1.82, 2.24) is 5.32 Å². The molecule has 0 saturated carbocycles. The summed E-state index contributed by atoms with van der Waals surface area (Å²) < 4.78 is 0. The monoisotopic (exact) mass is 365 g/mol.